The molecule has 0 spiro atoms. The number of hydrogen-bond donors (Lipinski definition) is 2. The van der Waals surface area contributed by atoms with Crippen LogP contribution < -0.4 is 5.73 Å². The van der Waals surface area contributed by atoms with Gasteiger partial charge in [0.05, 0.1) is 18.2 Å². The van der Waals surface area contributed by atoms with Gasteiger partial charge in [0, 0.05) is 12.5 Å². The molecule has 0 aliphatic carbocycles. The van der Waals surface area contributed by atoms with Crippen LogP contribution in [0.25, 0.3) is 0 Å². The molecular weight excluding hydrogens is 164 g/mol. The molecule has 1 rings (SSSR count). The van der Waals surface area contributed by atoms with Gasteiger partial charge in [-0.3, -0.25) is 0 Å². The molecule has 68 valence electrons. The standard InChI is InChI=1S/C10H12N2O/c11-5-8-2-1-3-9(4-8)10(6-12)7-13/h1-4,10,13H,6-7,12H2. The molecule has 3 nitrogen and oxygen atoms in total. The third-order valence-electron chi connectivity index (χ3n) is 1.99. The van der Waals surface area contributed by atoms with Gasteiger partial charge in [0.1, 0.15) is 0 Å². The molecule has 0 amide bonds. The van der Waals surface area contributed by atoms with Gasteiger partial charge in [0.2, 0.25) is 0 Å². The first-order chi connectivity index (χ1) is 6.31. The summed E-state index contributed by atoms with van der Waals surface area (Å²) in [6, 6.07) is 9.20. The maximum atomic E-state index is 8.98. The van der Waals surface area contributed by atoms with Crippen molar-refractivity contribution in [2.24, 2.45) is 5.73 Å². The molecular formula is C10H12N2O. The summed E-state index contributed by atoms with van der Waals surface area (Å²) in [5.74, 6) is -0.0618. The Labute approximate surface area is 77.4 Å². The second-order valence-corrected chi connectivity index (χ2v) is 2.85. The van der Waals surface area contributed by atoms with Gasteiger partial charge >= 0.3 is 0 Å². The highest BCUT2D eigenvalue weighted by Gasteiger charge is 2.07. The summed E-state index contributed by atoms with van der Waals surface area (Å²) in [5, 5.41) is 17.6. The van der Waals surface area contributed by atoms with Gasteiger partial charge in [-0.15, -0.1) is 0 Å². The van der Waals surface area contributed by atoms with E-state index in [0.29, 0.717) is 12.1 Å². The third-order valence-corrected chi connectivity index (χ3v) is 1.99. The van der Waals surface area contributed by atoms with Gasteiger partial charge in [-0.25, -0.2) is 0 Å². The van der Waals surface area contributed by atoms with Gasteiger partial charge in [0.25, 0.3) is 0 Å². The van der Waals surface area contributed by atoms with Crippen LogP contribution in [0.15, 0.2) is 24.3 Å². The summed E-state index contributed by atoms with van der Waals surface area (Å²) in [5.41, 5.74) is 6.99. The minimum Gasteiger partial charge on any atom is -0.396 e. The lowest BCUT2D eigenvalue weighted by molar-refractivity contribution is 0.268. The molecule has 0 aliphatic heterocycles. The average molecular weight is 176 g/mol. The lowest BCUT2D eigenvalue weighted by Crippen LogP contribution is -2.15. The number of benzene rings is 1. The number of aliphatic hydroxyl groups is 1. The molecule has 1 atom stereocenters. The molecule has 0 saturated heterocycles. The number of nitrogens with two attached hydrogens (primary N) is 1. The van der Waals surface area contributed by atoms with Crippen LogP contribution in [0, 0.1) is 11.3 Å². The lowest BCUT2D eigenvalue weighted by Gasteiger charge is -2.11. The number of rotatable bonds is 3. The zero-order valence-electron chi connectivity index (χ0n) is 7.27. The molecule has 3 N–H and O–H groups in total. The molecule has 1 aromatic rings. The van der Waals surface area contributed by atoms with Crippen LogP contribution in [0.3, 0.4) is 0 Å². The number of hydrogen-bond acceptors (Lipinski definition) is 3. The van der Waals surface area contributed by atoms with Crippen molar-refractivity contribution in [3.05, 3.63) is 35.4 Å². The number of aliphatic hydroxyl groups excluding tert-OH is 1. The number of nitrogens with zero attached hydrogens (tertiary/aromatic N) is 1. The van der Waals surface area contributed by atoms with Crippen molar-refractivity contribution in [3.8, 4) is 6.07 Å². The van der Waals surface area contributed by atoms with E-state index < -0.39 is 0 Å². The first-order valence-corrected chi connectivity index (χ1v) is 4.12. The highest BCUT2D eigenvalue weighted by atomic mass is 16.3. The number of nitriles is 1. The van der Waals surface area contributed by atoms with E-state index in [1.165, 1.54) is 0 Å². The zero-order valence-corrected chi connectivity index (χ0v) is 7.27. The largest absolute Gasteiger partial charge is 0.396 e. The third kappa shape index (κ3) is 2.28. The van der Waals surface area contributed by atoms with E-state index in [0.717, 1.165) is 5.56 Å². The fourth-order valence-corrected chi connectivity index (χ4v) is 1.18. The Balaban J connectivity index is 2.94. The lowest BCUT2D eigenvalue weighted by atomic mass is 9.98. The van der Waals surface area contributed by atoms with Crippen LogP contribution in [0.5, 0.6) is 0 Å². The molecule has 0 fully saturated rings. The summed E-state index contributed by atoms with van der Waals surface area (Å²) in [4.78, 5) is 0. The molecule has 0 aromatic heterocycles. The molecule has 0 bridgehead atoms. The maximum absolute atomic E-state index is 8.98. The molecule has 0 heterocycles. The molecule has 1 unspecified atom stereocenters. The Morgan fingerprint density at radius 3 is 2.85 bits per heavy atom. The Morgan fingerprint density at radius 2 is 2.31 bits per heavy atom. The van der Waals surface area contributed by atoms with E-state index >= 15 is 0 Å². The van der Waals surface area contributed by atoms with Crippen molar-refractivity contribution in [2.45, 2.75) is 5.92 Å². The van der Waals surface area contributed by atoms with Crippen LogP contribution in [0.2, 0.25) is 0 Å². The summed E-state index contributed by atoms with van der Waals surface area (Å²) < 4.78 is 0. The van der Waals surface area contributed by atoms with E-state index in [9.17, 15) is 0 Å². The zero-order chi connectivity index (χ0) is 9.68. The van der Waals surface area contributed by atoms with Crippen molar-refractivity contribution in [1.82, 2.24) is 0 Å². The Hall–Kier alpha value is -1.37. The summed E-state index contributed by atoms with van der Waals surface area (Å²) in [6.45, 7) is 0.413. The van der Waals surface area contributed by atoms with E-state index in [4.69, 9.17) is 16.1 Å². The van der Waals surface area contributed by atoms with E-state index in [1.54, 1.807) is 18.2 Å². The Kier molecular flexibility index (Phi) is 3.44. The van der Waals surface area contributed by atoms with Gasteiger partial charge in [-0.05, 0) is 17.7 Å². The summed E-state index contributed by atoms with van der Waals surface area (Å²) in [6.07, 6.45) is 0. The Bertz CT molecular complexity index is 313. The molecule has 0 radical (unpaired) electrons. The van der Waals surface area contributed by atoms with Crippen molar-refractivity contribution in [2.75, 3.05) is 13.2 Å². The smallest absolute Gasteiger partial charge is 0.0991 e. The minimum atomic E-state index is -0.0618. The van der Waals surface area contributed by atoms with Crippen molar-refractivity contribution >= 4 is 0 Å². The molecule has 1 aromatic carbocycles. The topological polar surface area (TPSA) is 70.0 Å². The highest BCUT2D eigenvalue weighted by molar-refractivity contribution is 5.34. The molecule has 3 heteroatoms. The summed E-state index contributed by atoms with van der Waals surface area (Å²) in [7, 11) is 0. The fourth-order valence-electron chi connectivity index (χ4n) is 1.18. The summed E-state index contributed by atoms with van der Waals surface area (Å²) >= 11 is 0. The molecule has 0 saturated carbocycles. The van der Waals surface area contributed by atoms with Crippen LogP contribution in [-0.2, 0) is 0 Å². The van der Waals surface area contributed by atoms with Crippen LogP contribution in [0.1, 0.15) is 17.0 Å². The first kappa shape index (κ1) is 9.72. The van der Waals surface area contributed by atoms with Gasteiger partial charge in [-0.2, -0.15) is 5.26 Å². The molecule has 13 heavy (non-hydrogen) atoms. The van der Waals surface area contributed by atoms with Crippen molar-refractivity contribution in [3.63, 3.8) is 0 Å². The molecule has 0 aliphatic rings. The van der Waals surface area contributed by atoms with Crippen LogP contribution >= 0.6 is 0 Å². The van der Waals surface area contributed by atoms with E-state index in [2.05, 4.69) is 0 Å². The Morgan fingerprint density at radius 1 is 1.54 bits per heavy atom. The van der Waals surface area contributed by atoms with Gasteiger partial charge in [-0.1, -0.05) is 12.1 Å². The fraction of sp³-hybridized carbons (Fsp3) is 0.300. The monoisotopic (exact) mass is 176 g/mol. The normalized spacial score (nSPS) is 12.1. The van der Waals surface area contributed by atoms with Crippen molar-refractivity contribution < 1.29 is 5.11 Å². The predicted molar refractivity (Wildman–Crippen MR) is 50.0 cm³/mol. The first-order valence-electron chi connectivity index (χ1n) is 4.12. The van der Waals surface area contributed by atoms with Gasteiger partial charge < -0.3 is 10.8 Å². The predicted octanol–water partition coefficient (Wildman–Crippen LogP) is 0.593. The highest BCUT2D eigenvalue weighted by Crippen LogP contribution is 2.14. The van der Waals surface area contributed by atoms with Gasteiger partial charge in [0.15, 0.2) is 0 Å². The van der Waals surface area contributed by atoms with E-state index in [-0.39, 0.29) is 12.5 Å². The van der Waals surface area contributed by atoms with Crippen molar-refractivity contribution in [1.29, 1.82) is 5.26 Å². The average Bonchev–Trinajstić information content (AvgIpc) is 2.20. The van der Waals surface area contributed by atoms with E-state index in [1.807, 2.05) is 12.1 Å². The SMILES string of the molecule is N#Cc1cccc(C(CN)CO)c1. The quantitative estimate of drug-likeness (QED) is 0.708. The van der Waals surface area contributed by atoms with Crippen LogP contribution in [0.4, 0.5) is 0 Å². The second kappa shape index (κ2) is 4.61. The second-order valence-electron chi connectivity index (χ2n) is 2.85. The maximum Gasteiger partial charge on any atom is 0.0991 e. The minimum absolute atomic E-state index is 0.0192. The van der Waals surface area contributed by atoms with Crippen LogP contribution in [-0.4, -0.2) is 18.3 Å².